The molecule has 0 aromatic heterocycles. The van der Waals surface area contributed by atoms with Gasteiger partial charge in [0.2, 0.25) is 0 Å². The van der Waals surface area contributed by atoms with Crippen LogP contribution in [0.3, 0.4) is 0 Å². The molecule has 1 N–H and O–H groups in total. The molecule has 0 unspecified atom stereocenters. The largest absolute Gasteiger partial charge is 0.337 e. The maximum Gasteiger partial charge on any atom is 0.317 e. The minimum absolute atomic E-state index is 0.0361. The highest BCUT2D eigenvalue weighted by Gasteiger charge is 2.25. The Balaban J connectivity index is 1.57. The van der Waals surface area contributed by atoms with Crippen LogP contribution in [-0.4, -0.2) is 54.0 Å². The van der Waals surface area contributed by atoms with E-state index in [1.165, 1.54) is 31.0 Å². The predicted molar refractivity (Wildman–Crippen MR) is 94.3 cm³/mol. The summed E-state index contributed by atoms with van der Waals surface area (Å²) in [6, 6.07) is 4.25. The summed E-state index contributed by atoms with van der Waals surface area (Å²) in [5.74, 6) is -0.719. The second-order valence-corrected chi connectivity index (χ2v) is 7.10. The van der Waals surface area contributed by atoms with E-state index in [2.05, 4.69) is 5.32 Å². The Labute approximate surface area is 152 Å². The zero-order valence-electron chi connectivity index (χ0n) is 14.1. The maximum atomic E-state index is 13.3. The highest BCUT2D eigenvalue weighted by atomic mass is 35.5. The zero-order chi connectivity index (χ0) is 17.8. The minimum Gasteiger partial charge on any atom is -0.337 e. The molecule has 1 saturated carbocycles. The highest BCUT2D eigenvalue weighted by Crippen LogP contribution is 2.19. The topological polar surface area (TPSA) is 52.7 Å². The summed E-state index contributed by atoms with van der Waals surface area (Å²) in [7, 11) is 0. The molecule has 2 aliphatic rings. The Kier molecular flexibility index (Phi) is 5.78. The van der Waals surface area contributed by atoms with Gasteiger partial charge in [0.25, 0.3) is 5.91 Å². The van der Waals surface area contributed by atoms with Crippen LogP contribution >= 0.6 is 11.6 Å². The smallest absolute Gasteiger partial charge is 0.317 e. The first-order chi connectivity index (χ1) is 12.0. The van der Waals surface area contributed by atoms with Gasteiger partial charge in [0.05, 0.1) is 5.02 Å². The molecule has 1 heterocycles. The zero-order valence-corrected chi connectivity index (χ0v) is 14.9. The van der Waals surface area contributed by atoms with E-state index in [0.29, 0.717) is 31.7 Å². The number of halogens is 2. The highest BCUT2D eigenvalue weighted by molar-refractivity contribution is 6.31. The number of carbonyl (C=O) groups is 2. The summed E-state index contributed by atoms with van der Waals surface area (Å²) >= 11 is 5.77. The molecule has 1 aliphatic heterocycles. The molecule has 1 saturated heterocycles. The first-order valence-electron chi connectivity index (χ1n) is 8.84. The fourth-order valence-corrected chi connectivity index (χ4v) is 3.65. The molecule has 0 radical (unpaired) electrons. The van der Waals surface area contributed by atoms with Crippen molar-refractivity contribution in [1.29, 1.82) is 0 Å². The van der Waals surface area contributed by atoms with Crippen LogP contribution in [0.25, 0.3) is 0 Å². The van der Waals surface area contributed by atoms with E-state index in [1.807, 2.05) is 0 Å². The Bertz CT molecular complexity index is 649. The van der Waals surface area contributed by atoms with Crippen LogP contribution in [-0.2, 0) is 0 Å². The lowest BCUT2D eigenvalue weighted by Crippen LogP contribution is -2.45. The maximum absolute atomic E-state index is 13.3. The lowest BCUT2D eigenvalue weighted by Gasteiger charge is -2.24. The number of nitrogens with zero attached hydrogens (tertiary/aromatic N) is 2. The van der Waals surface area contributed by atoms with Crippen LogP contribution in [0.2, 0.25) is 5.02 Å². The SMILES string of the molecule is O=C(NC1CCCC1)N1CCCN(C(=O)c2ccc(F)c(Cl)c2)CC1. The van der Waals surface area contributed by atoms with Crippen LogP contribution in [0.5, 0.6) is 0 Å². The van der Waals surface area contributed by atoms with Crippen molar-refractivity contribution < 1.29 is 14.0 Å². The van der Waals surface area contributed by atoms with Crippen molar-refractivity contribution in [2.24, 2.45) is 0 Å². The number of nitrogens with one attached hydrogen (secondary N) is 1. The van der Waals surface area contributed by atoms with Gasteiger partial charge in [-0.3, -0.25) is 4.79 Å². The van der Waals surface area contributed by atoms with Crippen molar-refractivity contribution in [2.45, 2.75) is 38.1 Å². The van der Waals surface area contributed by atoms with Crippen molar-refractivity contribution in [3.05, 3.63) is 34.6 Å². The molecule has 0 bridgehead atoms. The summed E-state index contributed by atoms with van der Waals surface area (Å²) in [6.07, 6.45) is 5.17. The van der Waals surface area contributed by atoms with Crippen molar-refractivity contribution in [3.8, 4) is 0 Å². The van der Waals surface area contributed by atoms with Gasteiger partial charge >= 0.3 is 6.03 Å². The molecule has 0 atom stereocenters. The molecule has 0 spiro atoms. The Morgan fingerprint density at radius 3 is 2.44 bits per heavy atom. The van der Waals surface area contributed by atoms with E-state index in [0.717, 1.165) is 19.3 Å². The fraction of sp³-hybridized carbons (Fsp3) is 0.556. The molecule has 1 aromatic carbocycles. The summed E-state index contributed by atoms with van der Waals surface area (Å²) < 4.78 is 13.3. The van der Waals surface area contributed by atoms with Gasteiger partial charge in [0.1, 0.15) is 5.82 Å². The fourth-order valence-electron chi connectivity index (χ4n) is 3.47. The summed E-state index contributed by atoms with van der Waals surface area (Å²) in [6.45, 7) is 2.17. The molecule has 7 heteroatoms. The average molecular weight is 368 g/mol. The molecule has 2 fully saturated rings. The normalized spacial score (nSPS) is 19.0. The van der Waals surface area contributed by atoms with Gasteiger partial charge < -0.3 is 15.1 Å². The number of hydrogen-bond acceptors (Lipinski definition) is 2. The summed E-state index contributed by atoms with van der Waals surface area (Å²) in [5, 5.41) is 3.03. The number of amides is 3. The van der Waals surface area contributed by atoms with E-state index in [1.54, 1.807) is 9.80 Å². The predicted octanol–water partition coefficient (Wildman–Crippen LogP) is 3.28. The first kappa shape index (κ1) is 18.0. The molecule has 3 rings (SSSR count). The van der Waals surface area contributed by atoms with Crippen molar-refractivity contribution in [3.63, 3.8) is 0 Å². The van der Waals surface area contributed by atoms with E-state index in [9.17, 15) is 14.0 Å². The second-order valence-electron chi connectivity index (χ2n) is 6.69. The van der Waals surface area contributed by atoms with Crippen LogP contribution in [0.15, 0.2) is 18.2 Å². The van der Waals surface area contributed by atoms with Gasteiger partial charge in [0, 0.05) is 37.8 Å². The van der Waals surface area contributed by atoms with Gasteiger partial charge in [-0.2, -0.15) is 0 Å². The lowest BCUT2D eigenvalue weighted by atomic mass is 10.2. The quantitative estimate of drug-likeness (QED) is 0.872. The Morgan fingerprint density at radius 2 is 1.72 bits per heavy atom. The van der Waals surface area contributed by atoms with Gasteiger partial charge in [-0.1, -0.05) is 24.4 Å². The standard InChI is InChI=1S/C18H23ClFN3O2/c19-15-12-13(6-7-16(15)20)17(24)22-8-3-9-23(11-10-22)18(25)21-14-4-1-2-5-14/h6-7,12,14H,1-5,8-11H2,(H,21,25). The van der Waals surface area contributed by atoms with Gasteiger partial charge in [0.15, 0.2) is 0 Å². The number of hydrogen-bond donors (Lipinski definition) is 1. The van der Waals surface area contributed by atoms with E-state index in [4.69, 9.17) is 11.6 Å². The van der Waals surface area contributed by atoms with Crippen molar-refractivity contribution in [1.82, 2.24) is 15.1 Å². The molecule has 1 aromatic rings. The van der Waals surface area contributed by atoms with E-state index in [-0.39, 0.29) is 23.0 Å². The summed E-state index contributed by atoms with van der Waals surface area (Å²) in [4.78, 5) is 28.5. The third kappa shape index (κ3) is 4.42. The van der Waals surface area contributed by atoms with Crippen LogP contribution in [0, 0.1) is 5.82 Å². The minimum atomic E-state index is -0.538. The van der Waals surface area contributed by atoms with E-state index >= 15 is 0 Å². The summed E-state index contributed by atoms with van der Waals surface area (Å²) in [5.41, 5.74) is 0.371. The van der Waals surface area contributed by atoms with Gasteiger partial charge in [-0.15, -0.1) is 0 Å². The van der Waals surface area contributed by atoms with E-state index < -0.39 is 5.82 Å². The Morgan fingerprint density at radius 1 is 1.04 bits per heavy atom. The van der Waals surface area contributed by atoms with Crippen LogP contribution in [0.1, 0.15) is 42.5 Å². The molecule has 25 heavy (non-hydrogen) atoms. The third-order valence-corrected chi connectivity index (χ3v) is 5.21. The Hall–Kier alpha value is -1.82. The average Bonchev–Trinajstić information content (AvgIpc) is 2.98. The monoisotopic (exact) mass is 367 g/mol. The lowest BCUT2D eigenvalue weighted by molar-refractivity contribution is 0.0762. The molecule has 1 aliphatic carbocycles. The van der Waals surface area contributed by atoms with Gasteiger partial charge in [-0.25, -0.2) is 9.18 Å². The number of rotatable bonds is 2. The molecular formula is C18H23ClFN3O2. The third-order valence-electron chi connectivity index (χ3n) is 4.92. The number of benzene rings is 1. The van der Waals surface area contributed by atoms with Gasteiger partial charge in [-0.05, 0) is 37.5 Å². The van der Waals surface area contributed by atoms with Crippen LogP contribution in [0.4, 0.5) is 9.18 Å². The molecular weight excluding hydrogens is 345 g/mol. The number of urea groups is 1. The molecule has 3 amide bonds. The van der Waals surface area contributed by atoms with Crippen molar-refractivity contribution in [2.75, 3.05) is 26.2 Å². The number of carbonyl (C=O) groups excluding carboxylic acids is 2. The second kappa shape index (κ2) is 8.04. The first-order valence-corrected chi connectivity index (χ1v) is 9.22. The van der Waals surface area contributed by atoms with Crippen LogP contribution < -0.4 is 5.32 Å². The molecule has 5 nitrogen and oxygen atoms in total. The van der Waals surface area contributed by atoms with Crippen molar-refractivity contribution >= 4 is 23.5 Å². The molecule has 136 valence electrons.